The van der Waals surface area contributed by atoms with E-state index in [1.165, 1.54) is 12.8 Å². The Morgan fingerprint density at radius 3 is 2.14 bits per heavy atom. The summed E-state index contributed by atoms with van der Waals surface area (Å²) >= 11 is 0. The SMILES string of the molecule is CN1CC2CCC(C1)N2C(=O)N(C)C. The number of nitrogens with zero attached hydrogens (tertiary/aromatic N) is 3. The first-order valence-electron chi connectivity index (χ1n) is 5.27. The Hall–Kier alpha value is -0.770. The van der Waals surface area contributed by atoms with Gasteiger partial charge in [-0.25, -0.2) is 4.79 Å². The summed E-state index contributed by atoms with van der Waals surface area (Å²) < 4.78 is 0. The highest BCUT2D eigenvalue weighted by Crippen LogP contribution is 2.29. The second-order valence-corrected chi connectivity index (χ2v) is 4.69. The molecule has 0 N–H and O–H groups in total. The average Bonchev–Trinajstić information content (AvgIpc) is 2.37. The maximum Gasteiger partial charge on any atom is 0.320 e. The zero-order chi connectivity index (χ0) is 10.3. The summed E-state index contributed by atoms with van der Waals surface area (Å²) in [5.41, 5.74) is 0. The van der Waals surface area contributed by atoms with Crippen LogP contribution in [0.25, 0.3) is 0 Å². The first kappa shape index (κ1) is 9.77. The van der Waals surface area contributed by atoms with E-state index < -0.39 is 0 Å². The highest BCUT2D eigenvalue weighted by Gasteiger charge is 2.41. The first-order valence-corrected chi connectivity index (χ1v) is 5.27. The fourth-order valence-electron chi connectivity index (χ4n) is 2.66. The van der Waals surface area contributed by atoms with Gasteiger partial charge in [-0.1, -0.05) is 0 Å². The van der Waals surface area contributed by atoms with E-state index in [0.29, 0.717) is 12.1 Å². The van der Waals surface area contributed by atoms with Crippen molar-refractivity contribution in [1.29, 1.82) is 0 Å². The van der Waals surface area contributed by atoms with E-state index in [1.807, 2.05) is 14.1 Å². The van der Waals surface area contributed by atoms with Gasteiger partial charge >= 0.3 is 6.03 Å². The third-order valence-corrected chi connectivity index (χ3v) is 3.27. The molecule has 2 amide bonds. The molecule has 14 heavy (non-hydrogen) atoms. The van der Waals surface area contributed by atoms with Crippen molar-refractivity contribution in [2.45, 2.75) is 24.9 Å². The Morgan fingerprint density at radius 2 is 1.71 bits per heavy atom. The summed E-state index contributed by atoms with van der Waals surface area (Å²) in [6.45, 7) is 2.08. The number of likely N-dealkylation sites (tertiary alicyclic amines) is 1. The molecule has 2 fully saturated rings. The molecule has 0 saturated carbocycles. The highest BCUT2D eigenvalue weighted by atomic mass is 16.2. The summed E-state index contributed by atoms with van der Waals surface area (Å²) in [6.07, 6.45) is 2.35. The topological polar surface area (TPSA) is 26.8 Å². The summed E-state index contributed by atoms with van der Waals surface area (Å²) in [6, 6.07) is 1.09. The Balaban J connectivity index is 2.11. The minimum atomic E-state index is 0.186. The van der Waals surface area contributed by atoms with Gasteiger partial charge in [0.15, 0.2) is 0 Å². The van der Waals surface area contributed by atoms with Crippen molar-refractivity contribution in [1.82, 2.24) is 14.7 Å². The van der Waals surface area contributed by atoms with E-state index in [-0.39, 0.29) is 6.03 Å². The number of likely N-dealkylation sites (N-methyl/N-ethyl adjacent to an activating group) is 1. The maximum absolute atomic E-state index is 11.9. The van der Waals surface area contributed by atoms with Crippen molar-refractivity contribution < 1.29 is 4.79 Å². The summed E-state index contributed by atoms with van der Waals surface area (Å²) in [4.78, 5) is 18.0. The minimum Gasteiger partial charge on any atom is -0.331 e. The predicted octanol–water partition coefficient (Wildman–Crippen LogP) is 0.446. The van der Waals surface area contributed by atoms with E-state index >= 15 is 0 Å². The van der Waals surface area contributed by atoms with E-state index in [0.717, 1.165) is 13.1 Å². The van der Waals surface area contributed by atoms with Crippen LogP contribution >= 0.6 is 0 Å². The van der Waals surface area contributed by atoms with Gasteiger partial charge in [0.25, 0.3) is 0 Å². The number of fused-ring (bicyclic) bond motifs is 2. The van der Waals surface area contributed by atoms with Gasteiger partial charge in [-0.2, -0.15) is 0 Å². The molecule has 0 aromatic carbocycles. The molecule has 0 radical (unpaired) electrons. The molecular weight excluding hydrogens is 178 g/mol. The van der Waals surface area contributed by atoms with Crippen molar-refractivity contribution in [3.63, 3.8) is 0 Å². The Bertz CT molecular complexity index is 228. The lowest BCUT2D eigenvalue weighted by Gasteiger charge is -2.40. The zero-order valence-corrected chi connectivity index (χ0v) is 9.23. The number of hydrogen-bond acceptors (Lipinski definition) is 2. The second kappa shape index (κ2) is 3.42. The number of hydrogen-bond donors (Lipinski definition) is 0. The van der Waals surface area contributed by atoms with Gasteiger partial charge < -0.3 is 14.7 Å². The Kier molecular flexibility index (Phi) is 2.39. The van der Waals surface area contributed by atoms with E-state index in [2.05, 4.69) is 16.8 Å². The molecule has 2 heterocycles. The first-order chi connectivity index (χ1) is 6.59. The largest absolute Gasteiger partial charge is 0.331 e. The molecule has 2 bridgehead atoms. The average molecular weight is 197 g/mol. The molecule has 2 unspecified atom stereocenters. The lowest BCUT2D eigenvalue weighted by Crippen LogP contribution is -2.56. The molecule has 2 aliphatic rings. The van der Waals surface area contributed by atoms with Gasteiger partial charge in [-0.15, -0.1) is 0 Å². The van der Waals surface area contributed by atoms with Crippen molar-refractivity contribution in [2.75, 3.05) is 34.2 Å². The number of amides is 2. The molecule has 4 heteroatoms. The Labute approximate surface area is 85.5 Å². The molecule has 0 spiro atoms. The van der Waals surface area contributed by atoms with Crippen LogP contribution in [0.5, 0.6) is 0 Å². The van der Waals surface area contributed by atoms with Gasteiger partial charge in [0, 0.05) is 39.3 Å². The normalized spacial score (nSPS) is 32.1. The third kappa shape index (κ3) is 1.47. The highest BCUT2D eigenvalue weighted by molar-refractivity contribution is 5.75. The summed E-state index contributed by atoms with van der Waals surface area (Å²) in [5.74, 6) is 0. The molecule has 2 saturated heterocycles. The summed E-state index contributed by atoms with van der Waals surface area (Å²) in [7, 11) is 5.81. The van der Waals surface area contributed by atoms with Crippen LogP contribution in [0.1, 0.15) is 12.8 Å². The molecule has 2 atom stereocenters. The predicted molar refractivity (Wildman–Crippen MR) is 55.2 cm³/mol. The lowest BCUT2D eigenvalue weighted by atomic mass is 10.2. The van der Waals surface area contributed by atoms with Crippen LogP contribution in [0.4, 0.5) is 4.79 Å². The van der Waals surface area contributed by atoms with Crippen LogP contribution in [-0.4, -0.2) is 67.0 Å². The fraction of sp³-hybridized carbons (Fsp3) is 0.900. The molecule has 0 aromatic rings. The van der Waals surface area contributed by atoms with Crippen molar-refractivity contribution in [3.05, 3.63) is 0 Å². The van der Waals surface area contributed by atoms with Gasteiger partial charge in [0.1, 0.15) is 0 Å². The maximum atomic E-state index is 11.9. The van der Waals surface area contributed by atoms with Crippen LogP contribution in [-0.2, 0) is 0 Å². The van der Waals surface area contributed by atoms with E-state index in [4.69, 9.17) is 0 Å². The lowest BCUT2D eigenvalue weighted by molar-refractivity contribution is 0.0886. The smallest absolute Gasteiger partial charge is 0.320 e. The number of carbonyl (C=O) groups is 1. The number of carbonyl (C=O) groups excluding carboxylic acids is 1. The molecule has 2 rings (SSSR count). The van der Waals surface area contributed by atoms with Crippen LogP contribution < -0.4 is 0 Å². The number of rotatable bonds is 0. The van der Waals surface area contributed by atoms with Crippen molar-refractivity contribution >= 4 is 6.03 Å². The quantitative estimate of drug-likeness (QED) is 0.563. The third-order valence-electron chi connectivity index (χ3n) is 3.27. The second-order valence-electron chi connectivity index (χ2n) is 4.69. The van der Waals surface area contributed by atoms with Gasteiger partial charge in [-0.3, -0.25) is 0 Å². The molecule has 4 nitrogen and oxygen atoms in total. The van der Waals surface area contributed by atoms with Gasteiger partial charge in [-0.05, 0) is 19.9 Å². The zero-order valence-electron chi connectivity index (χ0n) is 9.23. The van der Waals surface area contributed by atoms with E-state index in [9.17, 15) is 4.79 Å². The van der Waals surface area contributed by atoms with Gasteiger partial charge in [0.2, 0.25) is 0 Å². The van der Waals surface area contributed by atoms with Crippen LogP contribution in [0.15, 0.2) is 0 Å². The van der Waals surface area contributed by atoms with Crippen molar-refractivity contribution in [2.24, 2.45) is 0 Å². The van der Waals surface area contributed by atoms with Crippen LogP contribution in [0.2, 0.25) is 0 Å². The fourth-order valence-corrected chi connectivity index (χ4v) is 2.66. The number of urea groups is 1. The molecule has 0 aromatic heterocycles. The standard InChI is InChI=1S/C10H19N3O/c1-11(2)10(14)13-8-4-5-9(13)7-12(3)6-8/h8-9H,4-7H2,1-3H3. The van der Waals surface area contributed by atoms with Gasteiger partial charge in [0.05, 0.1) is 0 Å². The number of piperazine rings is 1. The molecule has 80 valence electrons. The minimum absolute atomic E-state index is 0.186. The van der Waals surface area contributed by atoms with Crippen molar-refractivity contribution in [3.8, 4) is 0 Å². The summed E-state index contributed by atoms with van der Waals surface area (Å²) in [5, 5.41) is 0. The van der Waals surface area contributed by atoms with E-state index in [1.54, 1.807) is 4.90 Å². The van der Waals surface area contributed by atoms with Crippen LogP contribution in [0.3, 0.4) is 0 Å². The van der Waals surface area contributed by atoms with Crippen LogP contribution in [0, 0.1) is 0 Å². The Morgan fingerprint density at radius 1 is 1.21 bits per heavy atom. The molecule has 2 aliphatic heterocycles. The monoisotopic (exact) mass is 197 g/mol. The molecular formula is C10H19N3O. The molecule has 0 aliphatic carbocycles.